The lowest BCUT2D eigenvalue weighted by molar-refractivity contribution is 0.653. The van der Waals surface area contributed by atoms with Crippen LogP contribution in [0, 0.1) is 0 Å². The quantitative estimate of drug-likeness (QED) is 0.207. The number of anilines is 3. The zero-order chi connectivity index (χ0) is 30.1. The van der Waals surface area contributed by atoms with Gasteiger partial charge in [-0.25, -0.2) is 0 Å². The Balaban J connectivity index is 1.28. The van der Waals surface area contributed by atoms with Crippen LogP contribution in [-0.2, 0) is 5.41 Å². The predicted octanol–water partition coefficient (Wildman–Crippen LogP) is 12.2. The normalized spacial score (nSPS) is 13.3. The van der Waals surface area contributed by atoms with Crippen molar-refractivity contribution in [3.8, 4) is 22.3 Å². The summed E-state index contributed by atoms with van der Waals surface area (Å²) >= 11 is 0. The van der Waals surface area contributed by atoms with Crippen LogP contribution in [0.5, 0.6) is 0 Å². The van der Waals surface area contributed by atoms with Crippen molar-refractivity contribution in [3.63, 3.8) is 0 Å². The van der Waals surface area contributed by atoms with Gasteiger partial charge in [0.05, 0.1) is 5.69 Å². The zero-order valence-corrected chi connectivity index (χ0v) is 25.3. The average molecular weight is 578 g/mol. The second-order valence-corrected chi connectivity index (χ2v) is 12.6. The van der Waals surface area contributed by atoms with Crippen molar-refractivity contribution < 1.29 is 4.42 Å². The summed E-state index contributed by atoms with van der Waals surface area (Å²) in [6.45, 7) is 4.66. The highest BCUT2D eigenvalue weighted by molar-refractivity contribution is 6.12. The van der Waals surface area contributed by atoms with Gasteiger partial charge in [0.2, 0.25) is 0 Å². The molecular weight excluding hydrogens is 546 g/mol. The number of benzene rings is 7. The standard InChI is InChI=1S/C43H31NO/c1-43(2)37-25-23-32(27-36(37)41-38(43)26-24-35-34-16-8-9-18-40(34)45-42(35)41)44(39-17-10-14-30-13-6-7-15-33(30)39)31-21-19-29(20-22-31)28-11-4-3-5-12-28/h3-27H,1-2H3. The molecule has 7 aromatic carbocycles. The van der Waals surface area contributed by atoms with Crippen molar-refractivity contribution in [2.24, 2.45) is 0 Å². The molecule has 0 saturated heterocycles. The van der Waals surface area contributed by atoms with Gasteiger partial charge < -0.3 is 9.32 Å². The van der Waals surface area contributed by atoms with E-state index in [0.717, 1.165) is 33.6 Å². The Morgan fingerprint density at radius 1 is 0.511 bits per heavy atom. The van der Waals surface area contributed by atoms with E-state index in [1.807, 2.05) is 6.07 Å². The Morgan fingerprint density at radius 3 is 2.02 bits per heavy atom. The van der Waals surface area contributed by atoms with E-state index in [4.69, 9.17) is 4.42 Å². The van der Waals surface area contributed by atoms with Crippen LogP contribution in [0.15, 0.2) is 156 Å². The van der Waals surface area contributed by atoms with E-state index in [2.05, 4.69) is 164 Å². The predicted molar refractivity (Wildman–Crippen MR) is 189 cm³/mol. The van der Waals surface area contributed by atoms with Crippen LogP contribution < -0.4 is 4.90 Å². The van der Waals surface area contributed by atoms with Crippen molar-refractivity contribution in [3.05, 3.63) is 163 Å². The summed E-state index contributed by atoms with van der Waals surface area (Å²) in [6, 6.07) is 54.7. The van der Waals surface area contributed by atoms with Crippen molar-refractivity contribution in [2.45, 2.75) is 19.3 Å². The molecule has 0 fully saturated rings. The molecule has 214 valence electrons. The molecule has 0 bridgehead atoms. The average Bonchev–Trinajstić information content (AvgIpc) is 3.58. The summed E-state index contributed by atoms with van der Waals surface area (Å²) in [7, 11) is 0. The second-order valence-electron chi connectivity index (χ2n) is 12.6. The lowest BCUT2D eigenvalue weighted by atomic mass is 9.82. The number of hydrogen-bond acceptors (Lipinski definition) is 2. The topological polar surface area (TPSA) is 16.4 Å². The fraction of sp³-hybridized carbons (Fsp3) is 0.0698. The van der Waals surface area contributed by atoms with Crippen LogP contribution in [0.3, 0.4) is 0 Å². The van der Waals surface area contributed by atoms with Crippen molar-refractivity contribution in [1.29, 1.82) is 0 Å². The van der Waals surface area contributed by atoms with Gasteiger partial charge in [0.1, 0.15) is 11.2 Å². The highest BCUT2D eigenvalue weighted by Gasteiger charge is 2.38. The van der Waals surface area contributed by atoms with Gasteiger partial charge in [-0.15, -0.1) is 0 Å². The third kappa shape index (κ3) is 3.89. The van der Waals surface area contributed by atoms with E-state index >= 15 is 0 Å². The van der Waals surface area contributed by atoms with Gasteiger partial charge in [0.25, 0.3) is 0 Å². The highest BCUT2D eigenvalue weighted by atomic mass is 16.3. The maximum absolute atomic E-state index is 6.61. The Bertz CT molecular complexity index is 2390. The number of fused-ring (bicyclic) bond motifs is 8. The molecule has 45 heavy (non-hydrogen) atoms. The Kier molecular flexibility index (Phi) is 5.58. The Morgan fingerprint density at radius 2 is 1.18 bits per heavy atom. The molecule has 2 nitrogen and oxygen atoms in total. The van der Waals surface area contributed by atoms with Crippen LogP contribution in [0.25, 0.3) is 55.0 Å². The molecule has 0 amide bonds. The molecular formula is C43H31NO. The van der Waals surface area contributed by atoms with Crippen LogP contribution in [0.2, 0.25) is 0 Å². The molecule has 1 aliphatic rings. The van der Waals surface area contributed by atoms with Crippen molar-refractivity contribution in [2.75, 3.05) is 4.90 Å². The van der Waals surface area contributed by atoms with Crippen LogP contribution in [0.1, 0.15) is 25.0 Å². The van der Waals surface area contributed by atoms with Gasteiger partial charge in [-0.05, 0) is 69.6 Å². The molecule has 1 aromatic heterocycles. The van der Waals surface area contributed by atoms with Gasteiger partial charge in [0.15, 0.2) is 0 Å². The van der Waals surface area contributed by atoms with Gasteiger partial charge >= 0.3 is 0 Å². The molecule has 0 saturated carbocycles. The van der Waals surface area contributed by atoms with Crippen molar-refractivity contribution in [1.82, 2.24) is 0 Å². The molecule has 0 aliphatic heterocycles. The van der Waals surface area contributed by atoms with E-state index in [0.29, 0.717) is 0 Å². The summed E-state index contributed by atoms with van der Waals surface area (Å²) in [6.07, 6.45) is 0. The second kappa shape index (κ2) is 9.70. The first-order valence-corrected chi connectivity index (χ1v) is 15.6. The minimum absolute atomic E-state index is 0.141. The minimum Gasteiger partial charge on any atom is -0.455 e. The number of hydrogen-bond donors (Lipinski definition) is 0. The molecule has 1 heterocycles. The van der Waals surface area contributed by atoms with E-state index in [9.17, 15) is 0 Å². The van der Waals surface area contributed by atoms with Crippen molar-refractivity contribution >= 4 is 49.8 Å². The summed E-state index contributed by atoms with van der Waals surface area (Å²) in [4.78, 5) is 2.40. The number of nitrogens with zero attached hydrogens (tertiary/aromatic N) is 1. The molecule has 8 aromatic rings. The van der Waals surface area contributed by atoms with Gasteiger partial charge in [-0.3, -0.25) is 0 Å². The third-order valence-electron chi connectivity index (χ3n) is 9.66. The van der Waals surface area contributed by atoms with E-state index in [1.165, 1.54) is 49.5 Å². The highest BCUT2D eigenvalue weighted by Crippen LogP contribution is 2.54. The van der Waals surface area contributed by atoms with Crippen LogP contribution >= 0.6 is 0 Å². The smallest absolute Gasteiger partial charge is 0.143 e. The van der Waals surface area contributed by atoms with E-state index in [1.54, 1.807) is 0 Å². The minimum atomic E-state index is -0.141. The van der Waals surface area contributed by atoms with Gasteiger partial charge in [-0.1, -0.05) is 129 Å². The summed E-state index contributed by atoms with van der Waals surface area (Å²) in [5, 5.41) is 4.76. The van der Waals surface area contributed by atoms with Gasteiger partial charge in [0, 0.05) is 38.5 Å². The first-order chi connectivity index (χ1) is 22.1. The largest absolute Gasteiger partial charge is 0.455 e. The number of furan rings is 1. The maximum Gasteiger partial charge on any atom is 0.143 e. The molecule has 0 N–H and O–H groups in total. The summed E-state index contributed by atoms with van der Waals surface area (Å²) in [5.41, 5.74) is 12.7. The summed E-state index contributed by atoms with van der Waals surface area (Å²) < 4.78 is 6.61. The lowest BCUT2D eigenvalue weighted by Gasteiger charge is -2.28. The fourth-order valence-electron chi connectivity index (χ4n) is 7.41. The Hall–Kier alpha value is -5.60. The van der Waals surface area contributed by atoms with E-state index in [-0.39, 0.29) is 5.41 Å². The SMILES string of the molecule is CC1(C)c2ccc(N(c3ccc(-c4ccccc4)cc3)c3cccc4ccccc34)cc2-c2c1ccc1c2oc2ccccc21. The molecule has 0 atom stereocenters. The monoisotopic (exact) mass is 577 g/mol. The first kappa shape index (κ1) is 25.9. The molecule has 1 aliphatic carbocycles. The first-order valence-electron chi connectivity index (χ1n) is 15.6. The van der Waals surface area contributed by atoms with Gasteiger partial charge in [-0.2, -0.15) is 0 Å². The zero-order valence-electron chi connectivity index (χ0n) is 25.3. The Labute approximate surface area is 262 Å². The van der Waals surface area contributed by atoms with E-state index < -0.39 is 0 Å². The molecule has 9 rings (SSSR count). The number of para-hydroxylation sites is 1. The summed E-state index contributed by atoms with van der Waals surface area (Å²) in [5.74, 6) is 0. The number of rotatable bonds is 4. The lowest BCUT2D eigenvalue weighted by Crippen LogP contribution is -2.15. The molecule has 0 spiro atoms. The molecule has 2 heteroatoms. The molecule has 0 radical (unpaired) electrons. The van der Waals surface area contributed by atoms with Crippen LogP contribution in [-0.4, -0.2) is 0 Å². The van der Waals surface area contributed by atoms with Crippen LogP contribution in [0.4, 0.5) is 17.1 Å². The molecule has 0 unspecified atom stereocenters. The third-order valence-corrected chi connectivity index (χ3v) is 9.66. The fourth-order valence-corrected chi connectivity index (χ4v) is 7.41. The maximum atomic E-state index is 6.61.